The molecule has 1 aromatic carbocycles. The largest absolute Gasteiger partial charge is 0.398 e. The quantitative estimate of drug-likeness (QED) is 0.809. The van der Waals surface area contributed by atoms with Crippen molar-refractivity contribution in [1.29, 1.82) is 0 Å². The van der Waals surface area contributed by atoms with E-state index in [4.69, 9.17) is 5.73 Å². The van der Waals surface area contributed by atoms with Crippen molar-refractivity contribution in [3.05, 3.63) is 22.7 Å². The van der Waals surface area contributed by atoms with E-state index in [9.17, 15) is 8.42 Å². The van der Waals surface area contributed by atoms with Gasteiger partial charge in [-0.2, -0.15) is 0 Å². The summed E-state index contributed by atoms with van der Waals surface area (Å²) in [4.78, 5) is 0.232. The van der Waals surface area contributed by atoms with Crippen molar-refractivity contribution in [2.45, 2.75) is 50.0 Å². The van der Waals surface area contributed by atoms with Crippen molar-refractivity contribution >= 4 is 31.6 Å². The Morgan fingerprint density at radius 1 is 1.30 bits per heavy atom. The molecule has 0 amide bonds. The van der Waals surface area contributed by atoms with Gasteiger partial charge in [-0.05, 0) is 65.7 Å². The zero-order valence-corrected chi connectivity index (χ0v) is 14.0. The maximum absolute atomic E-state index is 12.3. The van der Waals surface area contributed by atoms with Crippen LogP contribution in [0, 0.1) is 5.92 Å². The molecule has 1 aliphatic rings. The van der Waals surface area contributed by atoms with E-state index in [0.29, 0.717) is 10.2 Å². The van der Waals surface area contributed by atoms with E-state index in [2.05, 4.69) is 27.6 Å². The molecule has 6 heteroatoms. The van der Waals surface area contributed by atoms with Crippen molar-refractivity contribution in [2.24, 2.45) is 5.92 Å². The van der Waals surface area contributed by atoms with Crippen LogP contribution >= 0.6 is 15.9 Å². The Morgan fingerprint density at radius 2 is 1.95 bits per heavy atom. The smallest absolute Gasteiger partial charge is 0.240 e. The fourth-order valence-electron chi connectivity index (χ4n) is 2.66. The number of benzene rings is 1. The first-order valence-corrected chi connectivity index (χ1v) is 9.27. The lowest BCUT2D eigenvalue weighted by molar-refractivity contribution is 0.306. The zero-order valence-electron chi connectivity index (χ0n) is 11.6. The molecule has 0 spiro atoms. The zero-order chi connectivity index (χ0) is 14.8. The van der Waals surface area contributed by atoms with Gasteiger partial charge in [0, 0.05) is 16.2 Å². The van der Waals surface area contributed by atoms with E-state index >= 15 is 0 Å². The van der Waals surface area contributed by atoms with Crippen molar-refractivity contribution in [3.63, 3.8) is 0 Å². The number of anilines is 1. The molecule has 0 aromatic heterocycles. The average Bonchev–Trinajstić information content (AvgIpc) is 2.42. The van der Waals surface area contributed by atoms with Gasteiger partial charge in [0.05, 0.1) is 4.90 Å². The summed E-state index contributed by atoms with van der Waals surface area (Å²) in [6.45, 7) is 2.19. The normalized spacial score (nSPS) is 23.7. The number of hydrogen-bond donors (Lipinski definition) is 2. The molecule has 3 N–H and O–H groups in total. The fraction of sp³-hybridized carbons (Fsp3) is 0.571. The number of halogens is 1. The van der Waals surface area contributed by atoms with Gasteiger partial charge in [-0.25, -0.2) is 13.1 Å². The lowest BCUT2D eigenvalue weighted by Gasteiger charge is -2.28. The van der Waals surface area contributed by atoms with Gasteiger partial charge in [0.15, 0.2) is 0 Å². The molecule has 1 fully saturated rings. The van der Waals surface area contributed by atoms with E-state index in [1.165, 1.54) is 12.5 Å². The third-order valence-electron chi connectivity index (χ3n) is 4.02. The Kier molecular flexibility index (Phi) is 5.09. The number of hydrogen-bond acceptors (Lipinski definition) is 3. The van der Waals surface area contributed by atoms with Crippen LogP contribution in [0.3, 0.4) is 0 Å². The molecule has 0 unspecified atom stereocenters. The standard InChI is InChI=1S/C14H21BrN2O2S/c1-2-10-3-5-11(6-4-10)17-20(18,19)12-7-8-13(15)14(16)9-12/h7-11,17H,2-6,16H2,1H3. The Morgan fingerprint density at radius 3 is 2.50 bits per heavy atom. The van der Waals surface area contributed by atoms with Gasteiger partial charge in [0.1, 0.15) is 0 Å². The molecule has 1 aliphatic carbocycles. The SMILES string of the molecule is CCC1CCC(NS(=O)(=O)c2ccc(Br)c(N)c2)CC1. The first kappa shape index (κ1) is 15.8. The second kappa shape index (κ2) is 6.45. The molecule has 1 saturated carbocycles. The second-order valence-corrected chi connectivity index (χ2v) is 8.00. The van der Waals surface area contributed by atoms with Crippen LogP contribution in [0.5, 0.6) is 0 Å². The number of nitrogens with two attached hydrogens (primary N) is 1. The Bertz CT molecular complexity index is 567. The highest BCUT2D eigenvalue weighted by molar-refractivity contribution is 9.10. The van der Waals surface area contributed by atoms with E-state index in [1.54, 1.807) is 12.1 Å². The van der Waals surface area contributed by atoms with Gasteiger partial charge in [0.25, 0.3) is 0 Å². The maximum Gasteiger partial charge on any atom is 0.240 e. The second-order valence-electron chi connectivity index (χ2n) is 5.43. The molecular weight excluding hydrogens is 340 g/mol. The first-order chi connectivity index (χ1) is 9.42. The van der Waals surface area contributed by atoms with Crippen molar-refractivity contribution in [2.75, 3.05) is 5.73 Å². The monoisotopic (exact) mass is 360 g/mol. The molecule has 2 rings (SSSR count). The molecule has 4 nitrogen and oxygen atoms in total. The van der Waals surface area contributed by atoms with E-state index in [0.717, 1.165) is 31.6 Å². The van der Waals surface area contributed by atoms with Crippen LogP contribution in [0.1, 0.15) is 39.0 Å². The Balaban J connectivity index is 2.06. The van der Waals surface area contributed by atoms with Crippen LogP contribution in [-0.2, 0) is 10.0 Å². The molecule has 0 saturated heterocycles. The minimum absolute atomic E-state index is 0.0488. The number of sulfonamides is 1. The van der Waals surface area contributed by atoms with Crippen LogP contribution in [0.25, 0.3) is 0 Å². The molecule has 0 radical (unpaired) electrons. The van der Waals surface area contributed by atoms with Crippen LogP contribution in [0.15, 0.2) is 27.6 Å². The summed E-state index contributed by atoms with van der Waals surface area (Å²) >= 11 is 3.27. The number of nitrogen functional groups attached to an aromatic ring is 1. The highest BCUT2D eigenvalue weighted by Crippen LogP contribution is 2.28. The van der Waals surface area contributed by atoms with E-state index in [-0.39, 0.29) is 10.9 Å². The summed E-state index contributed by atoms with van der Waals surface area (Å²) in [6, 6.07) is 4.77. The third-order valence-corrected chi connectivity index (χ3v) is 6.26. The first-order valence-electron chi connectivity index (χ1n) is 6.99. The minimum Gasteiger partial charge on any atom is -0.398 e. The summed E-state index contributed by atoms with van der Waals surface area (Å²) in [7, 11) is -3.47. The average molecular weight is 361 g/mol. The van der Waals surface area contributed by atoms with Crippen LogP contribution in [0.2, 0.25) is 0 Å². The highest BCUT2D eigenvalue weighted by atomic mass is 79.9. The van der Waals surface area contributed by atoms with Crippen molar-refractivity contribution in [3.8, 4) is 0 Å². The number of nitrogens with one attached hydrogen (secondary N) is 1. The fourth-order valence-corrected chi connectivity index (χ4v) is 4.25. The van der Waals surface area contributed by atoms with Crippen LogP contribution in [0.4, 0.5) is 5.69 Å². The minimum atomic E-state index is -3.47. The highest BCUT2D eigenvalue weighted by Gasteiger charge is 2.25. The Labute approximate surface area is 129 Å². The number of rotatable bonds is 4. The van der Waals surface area contributed by atoms with E-state index < -0.39 is 10.0 Å². The molecule has 0 bridgehead atoms. The summed E-state index contributed by atoms with van der Waals surface area (Å²) in [5.41, 5.74) is 6.18. The summed E-state index contributed by atoms with van der Waals surface area (Å²) in [5.74, 6) is 0.749. The van der Waals surface area contributed by atoms with Gasteiger partial charge in [-0.1, -0.05) is 13.3 Å². The van der Waals surface area contributed by atoms with Crippen LogP contribution in [-0.4, -0.2) is 14.5 Å². The lowest BCUT2D eigenvalue weighted by Crippen LogP contribution is -2.37. The summed E-state index contributed by atoms with van der Waals surface area (Å²) in [6.07, 6.45) is 5.23. The van der Waals surface area contributed by atoms with Crippen molar-refractivity contribution in [1.82, 2.24) is 4.72 Å². The summed E-state index contributed by atoms with van der Waals surface area (Å²) < 4.78 is 28.2. The van der Waals surface area contributed by atoms with Gasteiger partial charge in [-0.3, -0.25) is 0 Å². The molecule has 0 atom stereocenters. The molecular formula is C14H21BrN2O2S. The predicted molar refractivity (Wildman–Crippen MR) is 84.9 cm³/mol. The van der Waals surface area contributed by atoms with Gasteiger partial charge < -0.3 is 5.73 Å². The van der Waals surface area contributed by atoms with Gasteiger partial charge in [-0.15, -0.1) is 0 Å². The van der Waals surface area contributed by atoms with Crippen LogP contribution < -0.4 is 10.5 Å². The van der Waals surface area contributed by atoms with Gasteiger partial charge in [0.2, 0.25) is 10.0 Å². The molecule has 1 aromatic rings. The predicted octanol–water partition coefficient (Wildman–Crippen LogP) is 3.28. The Hall–Kier alpha value is -0.590. The topological polar surface area (TPSA) is 72.2 Å². The molecule has 20 heavy (non-hydrogen) atoms. The molecule has 112 valence electrons. The molecule has 0 heterocycles. The lowest BCUT2D eigenvalue weighted by atomic mass is 9.85. The maximum atomic E-state index is 12.3. The van der Waals surface area contributed by atoms with E-state index in [1.807, 2.05) is 0 Å². The third kappa shape index (κ3) is 3.74. The van der Waals surface area contributed by atoms with Gasteiger partial charge >= 0.3 is 0 Å². The van der Waals surface area contributed by atoms with Crippen molar-refractivity contribution < 1.29 is 8.42 Å². The molecule has 0 aliphatic heterocycles. The summed E-state index contributed by atoms with van der Waals surface area (Å²) in [5, 5.41) is 0.